The summed E-state index contributed by atoms with van der Waals surface area (Å²) in [6.07, 6.45) is 0. The monoisotopic (exact) mass is 340 g/mol. The van der Waals surface area contributed by atoms with E-state index in [1.165, 1.54) is 0 Å². The Morgan fingerprint density at radius 3 is 2.95 bits per heavy atom. The summed E-state index contributed by atoms with van der Waals surface area (Å²) in [6.45, 7) is 6.15. The maximum atomic E-state index is 6.25. The normalized spacial score (nSPS) is 13.6. The number of aromatic nitrogens is 4. The van der Waals surface area contributed by atoms with E-state index in [1.54, 1.807) is 11.8 Å². The van der Waals surface area contributed by atoms with Gasteiger partial charge in [-0.2, -0.15) is 0 Å². The summed E-state index contributed by atoms with van der Waals surface area (Å²) in [5, 5.41) is 13.2. The Labute approximate surface area is 138 Å². The average Bonchev–Trinajstić information content (AvgIpc) is 2.91. The molecular weight excluding hydrogens is 324 g/mol. The summed E-state index contributed by atoms with van der Waals surface area (Å²) in [5.74, 6) is 2.54. The summed E-state index contributed by atoms with van der Waals surface area (Å²) < 4.78 is 12.9. The van der Waals surface area contributed by atoms with E-state index in [0.29, 0.717) is 35.7 Å². The molecule has 3 rings (SSSR count). The van der Waals surface area contributed by atoms with Gasteiger partial charge < -0.3 is 9.47 Å². The number of nitrogens with zero attached hydrogens (tertiary/aromatic N) is 4. The second kappa shape index (κ2) is 6.75. The molecule has 0 saturated heterocycles. The van der Waals surface area contributed by atoms with Crippen molar-refractivity contribution in [2.75, 3.05) is 13.2 Å². The third-order valence-electron chi connectivity index (χ3n) is 3.06. The zero-order chi connectivity index (χ0) is 15.5. The molecule has 0 aliphatic carbocycles. The SMILES string of the molecule is CC(C)Cn1nnnc1SCc1cc(Cl)c2c(c1)OCCO2. The minimum atomic E-state index is 0.492. The van der Waals surface area contributed by atoms with Crippen molar-refractivity contribution in [3.63, 3.8) is 0 Å². The highest BCUT2D eigenvalue weighted by Gasteiger charge is 2.17. The van der Waals surface area contributed by atoms with Crippen LogP contribution in [0.1, 0.15) is 19.4 Å². The highest BCUT2D eigenvalue weighted by molar-refractivity contribution is 7.98. The van der Waals surface area contributed by atoms with Gasteiger partial charge in [0.15, 0.2) is 11.5 Å². The number of fused-ring (bicyclic) bond motifs is 1. The van der Waals surface area contributed by atoms with Crippen LogP contribution in [0.15, 0.2) is 17.3 Å². The number of benzene rings is 1. The molecule has 0 radical (unpaired) electrons. The first-order valence-electron chi connectivity index (χ1n) is 7.10. The Morgan fingerprint density at radius 2 is 2.14 bits per heavy atom. The molecule has 6 nitrogen and oxygen atoms in total. The lowest BCUT2D eigenvalue weighted by atomic mass is 10.2. The molecule has 2 aromatic rings. The molecule has 22 heavy (non-hydrogen) atoms. The summed E-state index contributed by atoms with van der Waals surface area (Å²) in [5.41, 5.74) is 1.05. The summed E-state index contributed by atoms with van der Waals surface area (Å²) >= 11 is 7.83. The van der Waals surface area contributed by atoms with E-state index in [1.807, 2.05) is 16.8 Å². The minimum absolute atomic E-state index is 0.492. The van der Waals surface area contributed by atoms with Crippen molar-refractivity contribution in [3.05, 3.63) is 22.7 Å². The molecule has 8 heteroatoms. The summed E-state index contributed by atoms with van der Waals surface area (Å²) in [4.78, 5) is 0. The van der Waals surface area contributed by atoms with E-state index in [-0.39, 0.29) is 0 Å². The lowest BCUT2D eigenvalue weighted by molar-refractivity contribution is 0.171. The van der Waals surface area contributed by atoms with Crippen molar-refractivity contribution in [2.24, 2.45) is 5.92 Å². The highest BCUT2D eigenvalue weighted by Crippen LogP contribution is 2.39. The Bertz CT molecular complexity index is 662. The predicted octanol–water partition coefficient (Wildman–Crippen LogP) is 3.05. The predicted molar refractivity (Wildman–Crippen MR) is 84.7 cm³/mol. The zero-order valence-electron chi connectivity index (χ0n) is 12.5. The van der Waals surface area contributed by atoms with Crippen LogP contribution in [0.4, 0.5) is 0 Å². The van der Waals surface area contributed by atoms with Gasteiger partial charge in [0.1, 0.15) is 13.2 Å². The van der Waals surface area contributed by atoms with Crippen LogP contribution in [0.3, 0.4) is 0 Å². The average molecular weight is 341 g/mol. The third-order valence-corrected chi connectivity index (χ3v) is 4.37. The smallest absolute Gasteiger partial charge is 0.209 e. The molecule has 1 aliphatic heterocycles. The van der Waals surface area contributed by atoms with Crippen molar-refractivity contribution in [2.45, 2.75) is 31.3 Å². The molecule has 0 unspecified atom stereocenters. The lowest BCUT2D eigenvalue weighted by Gasteiger charge is -2.20. The van der Waals surface area contributed by atoms with E-state index < -0.39 is 0 Å². The quantitative estimate of drug-likeness (QED) is 0.780. The van der Waals surface area contributed by atoms with E-state index in [2.05, 4.69) is 29.4 Å². The van der Waals surface area contributed by atoms with Gasteiger partial charge in [-0.25, -0.2) is 4.68 Å². The van der Waals surface area contributed by atoms with Gasteiger partial charge in [0.25, 0.3) is 0 Å². The molecule has 0 amide bonds. The Kier molecular flexibility index (Phi) is 4.73. The Morgan fingerprint density at radius 1 is 1.32 bits per heavy atom. The lowest BCUT2D eigenvalue weighted by Crippen LogP contribution is -2.15. The number of halogens is 1. The van der Waals surface area contributed by atoms with Crippen molar-refractivity contribution in [1.82, 2.24) is 20.2 Å². The van der Waals surface area contributed by atoms with Crippen LogP contribution in [-0.2, 0) is 12.3 Å². The maximum absolute atomic E-state index is 6.25. The van der Waals surface area contributed by atoms with Gasteiger partial charge in [-0.3, -0.25) is 0 Å². The zero-order valence-corrected chi connectivity index (χ0v) is 14.0. The number of hydrogen-bond acceptors (Lipinski definition) is 6. The molecule has 0 N–H and O–H groups in total. The molecule has 2 heterocycles. The van der Waals surface area contributed by atoms with Gasteiger partial charge >= 0.3 is 0 Å². The van der Waals surface area contributed by atoms with E-state index in [9.17, 15) is 0 Å². The highest BCUT2D eigenvalue weighted by atomic mass is 35.5. The molecule has 0 spiro atoms. The van der Waals surface area contributed by atoms with Gasteiger partial charge in [0.2, 0.25) is 5.16 Å². The summed E-state index contributed by atoms with van der Waals surface area (Å²) in [7, 11) is 0. The molecule has 0 atom stereocenters. The van der Waals surface area contributed by atoms with Crippen LogP contribution in [0.5, 0.6) is 11.5 Å². The second-order valence-corrected chi connectivity index (χ2v) is 6.78. The van der Waals surface area contributed by atoms with Crippen molar-refractivity contribution in [1.29, 1.82) is 0 Å². The van der Waals surface area contributed by atoms with Gasteiger partial charge in [0, 0.05) is 12.3 Å². The maximum Gasteiger partial charge on any atom is 0.209 e. The van der Waals surface area contributed by atoms with Crippen LogP contribution in [0.2, 0.25) is 5.02 Å². The van der Waals surface area contributed by atoms with Gasteiger partial charge in [-0.15, -0.1) is 5.10 Å². The van der Waals surface area contributed by atoms with E-state index in [4.69, 9.17) is 21.1 Å². The molecule has 0 saturated carbocycles. The number of rotatable bonds is 5. The van der Waals surface area contributed by atoms with Crippen LogP contribution in [0, 0.1) is 5.92 Å². The van der Waals surface area contributed by atoms with Crippen LogP contribution in [0.25, 0.3) is 0 Å². The van der Waals surface area contributed by atoms with Gasteiger partial charge in [-0.05, 0) is 34.0 Å². The molecule has 1 aromatic heterocycles. The number of tetrazole rings is 1. The van der Waals surface area contributed by atoms with E-state index in [0.717, 1.165) is 23.0 Å². The number of hydrogen-bond donors (Lipinski definition) is 0. The second-order valence-electron chi connectivity index (χ2n) is 5.43. The fourth-order valence-electron chi connectivity index (χ4n) is 2.16. The van der Waals surface area contributed by atoms with Gasteiger partial charge in [0.05, 0.1) is 5.02 Å². The third kappa shape index (κ3) is 3.47. The standard InChI is InChI=1S/C14H17ClN4O2S/c1-9(2)7-19-14(16-17-18-19)22-8-10-5-11(15)13-12(6-10)20-3-4-21-13/h5-6,9H,3-4,7-8H2,1-2H3. The fourth-order valence-corrected chi connectivity index (χ4v) is 3.26. The van der Waals surface area contributed by atoms with Crippen LogP contribution < -0.4 is 9.47 Å². The molecule has 1 aromatic carbocycles. The van der Waals surface area contributed by atoms with Crippen molar-refractivity contribution >= 4 is 23.4 Å². The van der Waals surface area contributed by atoms with Gasteiger partial charge in [-0.1, -0.05) is 37.2 Å². The first-order chi connectivity index (χ1) is 10.6. The fraction of sp³-hybridized carbons (Fsp3) is 0.500. The number of ether oxygens (including phenoxy) is 2. The first kappa shape index (κ1) is 15.4. The molecule has 0 fully saturated rings. The molecule has 1 aliphatic rings. The molecular formula is C14H17ClN4O2S. The topological polar surface area (TPSA) is 62.1 Å². The minimum Gasteiger partial charge on any atom is -0.486 e. The van der Waals surface area contributed by atoms with Crippen LogP contribution in [-0.4, -0.2) is 33.4 Å². The largest absolute Gasteiger partial charge is 0.486 e. The molecule has 0 bridgehead atoms. The summed E-state index contributed by atoms with van der Waals surface area (Å²) in [6, 6.07) is 3.86. The number of thioether (sulfide) groups is 1. The molecule has 118 valence electrons. The Balaban J connectivity index is 1.72. The van der Waals surface area contributed by atoms with Crippen LogP contribution >= 0.6 is 23.4 Å². The first-order valence-corrected chi connectivity index (χ1v) is 8.47. The van der Waals surface area contributed by atoms with Crippen molar-refractivity contribution < 1.29 is 9.47 Å². The Hall–Kier alpha value is -1.47. The van der Waals surface area contributed by atoms with E-state index >= 15 is 0 Å². The van der Waals surface area contributed by atoms with Crippen molar-refractivity contribution in [3.8, 4) is 11.5 Å².